The summed E-state index contributed by atoms with van der Waals surface area (Å²) in [5.74, 6) is -0.248. The van der Waals surface area contributed by atoms with Crippen LogP contribution in [-0.2, 0) is 6.54 Å². The highest BCUT2D eigenvalue weighted by molar-refractivity contribution is 7.99. The molecular weight excluding hydrogens is 283 g/mol. The van der Waals surface area contributed by atoms with Crippen LogP contribution in [0.1, 0.15) is 12.5 Å². The van der Waals surface area contributed by atoms with Crippen LogP contribution in [0.15, 0.2) is 46.5 Å². The van der Waals surface area contributed by atoms with Crippen LogP contribution in [0, 0.1) is 5.82 Å². The van der Waals surface area contributed by atoms with Gasteiger partial charge in [-0.05, 0) is 36.4 Å². The predicted octanol–water partition coefficient (Wildman–Crippen LogP) is 4.13. The number of hydrogen-bond acceptors (Lipinski definition) is 3. The van der Waals surface area contributed by atoms with E-state index in [0.717, 1.165) is 12.1 Å². The van der Waals surface area contributed by atoms with Crippen LogP contribution in [0.3, 0.4) is 0 Å². The van der Waals surface area contributed by atoms with Crippen molar-refractivity contribution < 1.29 is 4.39 Å². The Balaban J connectivity index is 2.15. The molecule has 0 atom stereocenters. The Hall–Kier alpha value is -1.10. The van der Waals surface area contributed by atoms with E-state index in [1.807, 2.05) is 13.0 Å². The lowest BCUT2D eigenvalue weighted by atomic mass is 10.2. The number of benzene rings is 1. The van der Waals surface area contributed by atoms with E-state index in [1.165, 1.54) is 11.8 Å². The van der Waals surface area contributed by atoms with Crippen molar-refractivity contribution in [3.05, 3.63) is 52.9 Å². The lowest BCUT2D eigenvalue weighted by Gasteiger charge is -2.07. The molecule has 0 amide bonds. The van der Waals surface area contributed by atoms with Gasteiger partial charge in [0.15, 0.2) is 0 Å². The van der Waals surface area contributed by atoms with Crippen molar-refractivity contribution in [1.82, 2.24) is 10.3 Å². The Bertz CT molecular complexity index is 563. The zero-order valence-electron chi connectivity index (χ0n) is 10.5. The molecule has 19 heavy (non-hydrogen) atoms. The Morgan fingerprint density at radius 1 is 1.37 bits per heavy atom. The smallest absolute Gasteiger partial charge is 0.137 e. The van der Waals surface area contributed by atoms with Crippen LogP contribution >= 0.6 is 23.4 Å². The Morgan fingerprint density at radius 3 is 2.89 bits per heavy atom. The maximum atomic E-state index is 14.0. The number of hydrogen-bond donors (Lipinski definition) is 1. The normalized spacial score (nSPS) is 10.7. The molecule has 0 radical (unpaired) electrons. The van der Waals surface area contributed by atoms with Crippen molar-refractivity contribution >= 4 is 23.4 Å². The van der Waals surface area contributed by atoms with Gasteiger partial charge in [-0.3, -0.25) is 0 Å². The van der Waals surface area contributed by atoms with Gasteiger partial charge in [0.1, 0.15) is 10.8 Å². The molecule has 100 valence electrons. The van der Waals surface area contributed by atoms with E-state index in [2.05, 4.69) is 10.3 Å². The monoisotopic (exact) mass is 296 g/mol. The van der Waals surface area contributed by atoms with Gasteiger partial charge in [0, 0.05) is 17.6 Å². The third-order valence-electron chi connectivity index (χ3n) is 2.51. The van der Waals surface area contributed by atoms with Crippen molar-refractivity contribution in [2.24, 2.45) is 0 Å². The summed E-state index contributed by atoms with van der Waals surface area (Å²) < 4.78 is 14.0. The van der Waals surface area contributed by atoms with Crippen LogP contribution in [0.5, 0.6) is 0 Å². The van der Waals surface area contributed by atoms with Crippen LogP contribution in [0.2, 0.25) is 5.02 Å². The first-order valence-corrected chi connectivity index (χ1v) is 7.17. The van der Waals surface area contributed by atoms with Crippen molar-refractivity contribution in [1.29, 1.82) is 0 Å². The molecule has 2 aromatic rings. The van der Waals surface area contributed by atoms with Gasteiger partial charge in [0.2, 0.25) is 0 Å². The van der Waals surface area contributed by atoms with Crippen molar-refractivity contribution in [2.45, 2.75) is 23.4 Å². The van der Waals surface area contributed by atoms with E-state index in [4.69, 9.17) is 11.6 Å². The molecule has 0 aliphatic carbocycles. The maximum Gasteiger partial charge on any atom is 0.137 e. The van der Waals surface area contributed by atoms with Crippen LogP contribution in [-0.4, -0.2) is 11.5 Å². The van der Waals surface area contributed by atoms with Crippen LogP contribution < -0.4 is 5.32 Å². The van der Waals surface area contributed by atoms with E-state index in [1.54, 1.807) is 30.5 Å². The van der Waals surface area contributed by atoms with E-state index in [0.29, 0.717) is 21.5 Å². The third kappa shape index (κ3) is 3.93. The predicted molar refractivity (Wildman–Crippen MR) is 77.2 cm³/mol. The van der Waals surface area contributed by atoms with Gasteiger partial charge < -0.3 is 5.32 Å². The molecule has 0 bridgehead atoms. The van der Waals surface area contributed by atoms with Crippen molar-refractivity contribution in [2.75, 3.05) is 6.54 Å². The molecule has 1 aromatic carbocycles. The summed E-state index contributed by atoms with van der Waals surface area (Å²) >= 11 is 7.25. The van der Waals surface area contributed by atoms with E-state index in [9.17, 15) is 4.39 Å². The number of rotatable bonds is 5. The first-order valence-electron chi connectivity index (χ1n) is 5.98. The average molecular weight is 297 g/mol. The molecule has 1 heterocycles. The quantitative estimate of drug-likeness (QED) is 0.898. The highest BCUT2D eigenvalue weighted by Gasteiger charge is 2.08. The number of halogens is 2. The first kappa shape index (κ1) is 14.3. The molecule has 5 heteroatoms. The molecule has 2 nitrogen and oxygen atoms in total. The molecule has 0 fully saturated rings. The minimum absolute atomic E-state index is 0.248. The summed E-state index contributed by atoms with van der Waals surface area (Å²) in [6.07, 6.45) is 1.64. The van der Waals surface area contributed by atoms with Gasteiger partial charge in [-0.1, -0.05) is 36.4 Å². The number of pyridine rings is 1. The second kappa shape index (κ2) is 6.89. The molecule has 0 saturated heterocycles. The zero-order chi connectivity index (χ0) is 13.7. The van der Waals surface area contributed by atoms with Crippen LogP contribution in [0.4, 0.5) is 4.39 Å². The molecule has 0 saturated carbocycles. The Labute approximate surface area is 121 Å². The third-order valence-corrected chi connectivity index (χ3v) is 3.99. The lowest BCUT2D eigenvalue weighted by molar-refractivity contribution is 0.596. The summed E-state index contributed by atoms with van der Waals surface area (Å²) in [4.78, 5) is 4.67. The van der Waals surface area contributed by atoms with Gasteiger partial charge in [-0.25, -0.2) is 9.37 Å². The van der Waals surface area contributed by atoms with Gasteiger partial charge >= 0.3 is 0 Å². The van der Waals surface area contributed by atoms with Crippen molar-refractivity contribution in [3.63, 3.8) is 0 Å². The summed E-state index contributed by atoms with van der Waals surface area (Å²) in [5, 5.41) is 4.31. The largest absolute Gasteiger partial charge is 0.313 e. The maximum absolute atomic E-state index is 14.0. The topological polar surface area (TPSA) is 24.9 Å². The molecule has 0 unspecified atom stereocenters. The second-order valence-electron chi connectivity index (χ2n) is 3.94. The van der Waals surface area contributed by atoms with Crippen LogP contribution in [0.25, 0.3) is 0 Å². The molecule has 1 aromatic heterocycles. The fraction of sp³-hybridized carbons (Fsp3) is 0.214. The zero-order valence-corrected chi connectivity index (χ0v) is 12.1. The van der Waals surface area contributed by atoms with Gasteiger partial charge in [0.25, 0.3) is 0 Å². The van der Waals surface area contributed by atoms with E-state index < -0.39 is 0 Å². The Kier molecular flexibility index (Phi) is 5.19. The van der Waals surface area contributed by atoms with Gasteiger partial charge in [0.05, 0.1) is 5.02 Å². The standard InChI is InChI=1S/C14H14ClFN2S/c1-2-17-9-10-5-6-13(12(16)8-10)19-14-11(15)4-3-7-18-14/h3-8,17H,2,9H2,1H3. The average Bonchev–Trinajstić information content (AvgIpc) is 2.41. The highest BCUT2D eigenvalue weighted by Crippen LogP contribution is 2.33. The summed E-state index contributed by atoms with van der Waals surface area (Å²) in [7, 11) is 0. The summed E-state index contributed by atoms with van der Waals surface area (Å²) in [5.41, 5.74) is 0.927. The number of nitrogens with one attached hydrogen (secondary N) is 1. The van der Waals surface area contributed by atoms with E-state index in [-0.39, 0.29) is 5.82 Å². The van der Waals surface area contributed by atoms with Gasteiger partial charge in [-0.15, -0.1) is 0 Å². The first-order chi connectivity index (χ1) is 9.20. The molecule has 0 aliphatic heterocycles. The molecule has 1 N–H and O–H groups in total. The molecule has 0 aliphatic rings. The fourth-order valence-corrected chi connectivity index (χ4v) is 2.57. The fourth-order valence-electron chi connectivity index (χ4n) is 1.56. The van der Waals surface area contributed by atoms with Crippen molar-refractivity contribution in [3.8, 4) is 0 Å². The minimum Gasteiger partial charge on any atom is -0.313 e. The lowest BCUT2D eigenvalue weighted by Crippen LogP contribution is -2.11. The SMILES string of the molecule is CCNCc1ccc(Sc2ncccc2Cl)c(F)c1. The number of aromatic nitrogens is 1. The molecule has 2 rings (SSSR count). The highest BCUT2D eigenvalue weighted by atomic mass is 35.5. The molecular formula is C14H14ClFN2S. The van der Waals surface area contributed by atoms with Gasteiger partial charge in [-0.2, -0.15) is 0 Å². The number of nitrogens with zero attached hydrogens (tertiary/aromatic N) is 1. The summed E-state index contributed by atoms with van der Waals surface area (Å²) in [6, 6.07) is 8.71. The summed E-state index contributed by atoms with van der Waals surface area (Å²) in [6.45, 7) is 3.55. The second-order valence-corrected chi connectivity index (χ2v) is 5.38. The minimum atomic E-state index is -0.248. The molecule has 0 spiro atoms. The van der Waals surface area contributed by atoms with E-state index >= 15 is 0 Å². The Morgan fingerprint density at radius 2 is 2.21 bits per heavy atom.